The second-order valence-electron chi connectivity index (χ2n) is 5.11. The van der Waals surface area contributed by atoms with Gasteiger partial charge in [0, 0.05) is 32.9 Å². The van der Waals surface area contributed by atoms with Crippen LogP contribution in [-0.4, -0.2) is 55.7 Å². The number of morpholine rings is 1. The molecule has 0 aromatic carbocycles. The zero-order valence-electron chi connectivity index (χ0n) is 12.3. The minimum absolute atomic E-state index is 0.0477. The molecule has 1 aromatic rings. The second-order valence-corrected chi connectivity index (χ2v) is 5.11. The summed E-state index contributed by atoms with van der Waals surface area (Å²) in [6.07, 6.45) is 5.75. The van der Waals surface area contributed by atoms with Crippen LogP contribution in [0.15, 0.2) is 18.5 Å². The van der Waals surface area contributed by atoms with E-state index in [4.69, 9.17) is 4.74 Å². The lowest BCUT2D eigenvalue weighted by Gasteiger charge is -2.27. The highest BCUT2D eigenvalue weighted by molar-refractivity contribution is 5.94. The van der Waals surface area contributed by atoms with Crippen LogP contribution in [0.5, 0.6) is 0 Å². The Morgan fingerprint density at radius 3 is 2.85 bits per heavy atom. The van der Waals surface area contributed by atoms with Gasteiger partial charge in [0.1, 0.15) is 0 Å². The lowest BCUT2D eigenvalue weighted by atomic mass is 10.2. The van der Waals surface area contributed by atoms with Gasteiger partial charge in [0.2, 0.25) is 0 Å². The Bertz CT molecular complexity index is 444. The van der Waals surface area contributed by atoms with Crippen LogP contribution in [0.4, 0.5) is 5.69 Å². The molecule has 1 aromatic heterocycles. The van der Waals surface area contributed by atoms with Crippen LogP contribution in [0.3, 0.4) is 0 Å². The van der Waals surface area contributed by atoms with E-state index in [0.29, 0.717) is 31.9 Å². The van der Waals surface area contributed by atoms with Gasteiger partial charge in [0.05, 0.1) is 30.7 Å². The number of unbranched alkanes of at least 4 members (excludes halogenated alkanes) is 1. The van der Waals surface area contributed by atoms with Gasteiger partial charge in [0.15, 0.2) is 0 Å². The van der Waals surface area contributed by atoms with Crippen molar-refractivity contribution in [2.75, 3.05) is 44.8 Å². The van der Waals surface area contributed by atoms with Gasteiger partial charge in [-0.05, 0) is 12.5 Å². The van der Waals surface area contributed by atoms with Gasteiger partial charge in [0.25, 0.3) is 5.91 Å². The molecule has 20 heavy (non-hydrogen) atoms. The monoisotopic (exact) mass is 277 g/mol. The highest BCUT2D eigenvalue weighted by Crippen LogP contribution is 2.15. The summed E-state index contributed by atoms with van der Waals surface area (Å²) in [5, 5.41) is 0. The molecule has 2 heterocycles. The van der Waals surface area contributed by atoms with Crippen LogP contribution >= 0.6 is 0 Å². The fourth-order valence-electron chi connectivity index (χ4n) is 2.23. The molecule has 0 radical (unpaired) electrons. The number of ether oxygens (including phenoxy) is 1. The van der Waals surface area contributed by atoms with Crippen molar-refractivity contribution in [3.63, 3.8) is 0 Å². The SMILES string of the molecule is CCCCN(C)c1cncc(C(=O)N2CCOCC2)c1. The third-order valence-electron chi connectivity index (χ3n) is 3.56. The number of anilines is 1. The highest BCUT2D eigenvalue weighted by Gasteiger charge is 2.19. The Labute approximate surface area is 120 Å². The predicted octanol–water partition coefficient (Wildman–Crippen LogP) is 1.79. The lowest BCUT2D eigenvalue weighted by molar-refractivity contribution is 0.0302. The normalized spacial score (nSPS) is 15.2. The summed E-state index contributed by atoms with van der Waals surface area (Å²) in [7, 11) is 2.04. The molecule has 1 aliphatic heterocycles. The van der Waals surface area contributed by atoms with Crippen molar-refractivity contribution >= 4 is 11.6 Å². The molecule has 1 fully saturated rings. The molecule has 0 saturated carbocycles. The molecular formula is C15H23N3O2. The molecule has 0 unspecified atom stereocenters. The molecule has 1 aliphatic rings. The summed E-state index contributed by atoms with van der Waals surface area (Å²) in [6.45, 7) is 5.71. The maximum atomic E-state index is 12.4. The first-order valence-corrected chi connectivity index (χ1v) is 7.25. The molecule has 110 valence electrons. The van der Waals surface area contributed by atoms with Gasteiger partial charge in [-0.3, -0.25) is 9.78 Å². The highest BCUT2D eigenvalue weighted by atomic mass is 16.5. The summed E-state index contributed by atoms with van der Waals surface area (Å²) < 4.78 is 5.27. The zero-order valence-corrected chi connectivity index (χ0v) is 12.3. The molecule has 1 saturated heterocycles. The van der Waals surface area contributed by atoms with Crippen LogP contribution in [0.25, 0.3) is 0 Å². The van der Waals surface area contributed by atoms with E-state index in [9.17, 15) is 4.79 Å². The van der Waals surface area contributed by atoms with Crippen LogP contribution in [0.1, 0.15) is 30.1 Å². The Morgan fingerprint density at radius 1 is 1.40 bits per heavy atom. The van der Waals surface area contributed by atoms with Crippen molar-refractivity contribution in [1.29, 1.82) is 0 Å². The number of hydrogen-bond donors (Lipinski definition) is 0. The van der Waals surface area contributed by atoms with E-state index in [0.717, 1.165) is 25.1 Å². The van der Waals surface area contributed by atoms with Crippen LogP contribution in [0.2, 0.25) is 0 Å². The van der Waals surface area contributed by atoms with Gasteiger partial charge in [-0.25, -0.2) is 0 Å². The van der Waals surface area contributed by atoms with E-state index >= 15 is 0 Å². The standard InChI is InChI=1S/C15H23N3O2/c1-3-4-5-17(2)14-10-13(11-16-12-14)15(19)18-6-8-20-9-7-18/h10-12H,3-9H2,1-2H3. The fraction of sp³-hybridized carbons (Fsp3) is 0.600. The summed E-state index contributed by atoms with van der Waals surface area (Å²) in [5.74, 6) is 0.0477. The Morgan fingerprint density at radius 2 is 2.15 bits per heavy atom. The average Bonchev–Trinajstić information content (AvgIpc) is 2.52. The number of aromatic nitrogens is 1. The van der Waals surface area contributed by atoms with E-state index in [1.807, 2.05) is 24.2 Å². The Hall–Kier alpha value is -1.62. The number of hydrogen-bond acceptors (Lipinski definition) is 4. The first-order chi connectivity index (χ1) is 9.72. The van der Waals surface area contributed by atoms with E-state index in [1.54, 1.807) is 6.20 Å². The molecule has 5 heteroatoms. The van der Waals surface area contributed by atoms with Crippen molar-refractivity contribution in [1.82, 2.24) is 9.88 Å². The molecule has 2 rings (SSSR count). The Balaban J connectivity index is 2.06. The number of pyridine rings is 1. The van der Waals surface area contributed by atoms with E-state index in [-0.39, 0.29) is 5.91 Å². The fourth-order valence-corrected chi connectivity index (χ4v) is 2.23. The molecule has 5 nitrogen and oxygen atoms in total. The molecule has 0 spiro atoms. The zero-order chi connectivity index (χ0) is 14.4. The third-order valence-corrected chi connectivity index (χ3v) is 3.56. The third kappa shape index (κ3) is 3.70. The number of carbonyl (C=O) groups excluding carboxylic acids is 1. The lowest BCUT2D eigenvalue weighted by Crippen LogP contribution is -2.40. The molecule has 0 atom stereocenters. The van der Waals surface area contributed by atoms with E-state index in [2.05, 4.69) is 16.8 Å². The molecule has 0 aliphatic carbocycles. The summed E-state index contributed by atoms with van der Waals surface area (Å²) >= 11 is 0. The smallest absolute Gasteiger partial charge is 0.255 e. The van der Waals surface area contributed by atoms with E-state index in [1.165, 1.54) is 0 Å². The summed E-state index contributed by atoms with van der Waals surface area (Å²) in [6, 6.07) is 1.93. The van der Waals surface area contributed by atoms with Crippen LogP contribution in [0, 0.1) is 0 Å². The maximum absolute atomic E-state index is 12.4. The molecule has 1 amide bonds. The topological polar surface area (TPSA) is 45.7 Å². The van der Waals surface area contributed by atoms with Gasteiger partial charge < -0.3 is 14.5 Å². The minimum Gasteiger partial charge on any atom is -0.378 e. The average molecular weight is 277 g/mol. The van der Waals surface area contributed by atoms with Crippen LogP contribution in [-0.2, 0) is 4.74 Å². The first kappa shape index (κ1) is 14.8. The van der Waals surface area contributed by atoms with Crippen LogP contribution < -0.4 is 4.90 Å². The van der Waals surface area contributed by atoms with Gasteiger partial charge >= 0.3 is 0 Å². The van der Waals surface area contributed by atoms with Crippen molar-refractivity contribution in [2.45, 2.75) is 19.8 Å². The predicted molar refractivity (Wildman–Crippen MR) is 79.1 cm³/mol. The largest absolute Gasteiger partial charge is 0.378 e. The molecule has 0 N–H and O–H groups in total. The first-order valence-electron chi connectivity index (χ1n) is 7.25. The molecule has 0 bridgehead atoms. The van der Waals surface area contributed by atoms with Crippen molar-refractivity contribution in [3.05, 3.63) is 24.0 Å². The minimum atomic E-state index is 0.0477. The number of carbonyl (C=O) groups is 1. The van der Waals surface area contributed by atoms with Gasteiger partial charge in [-0.1, -0.05) is 13.3 Å². The van der Waals surface area contributed by atoms with Gasteiger partial charge in [-0.15, -0.1) is 0 Å². The van der Waals surface area contributed by atoms with E-state index < -0.39 is 0 Å². The quantitative estimate of drug-likeness (QED) is 0.823. The van der Waals surface area contributed by atoms with Crippen molar-refractivity contribution in [3.8, 4) is 0 Å². The second kappa shape index (κ2) is 7.24. The Kier molecular flexibility index (Phi) is 5.35. The summed E-state index contributed by atoms with van der Waals surface area (Å²) in [4.78, 5) is 20.6. The number of rotatable bonds is 5. The maximum Gasteiger partial charge on any atom is 0.255 e. The van der Waals surface area contributed by atoms with Gasteiger partial charge in [-0.2, -0.15) is 0 Å². The molecular weight excluding hydrogens is 254 g/mol. The summed E-state index contributed by atoms with van der Waals surface area (Å²) in [5.41, 5.74) is 1.66. The van der Waals surface area contributed by atoms with Crippen molar-refractivity contribution in [2.24, 2.45) is 0 Å². The number of nitrogens with zero attached hydrogens (tertiary/aromatic N) is 3. The van der Waals surface area contributed by atoms with Crippen molar-refractivity contribution < 1.29 is 9.53 Å². The number of amides is 1.